The number of carbonyl (C=O) groups is 3. The van der Waals surface area contributed by atoms with Crippen molar-refractivity contribution in [2.45, 2.75) is 20.5 Å². The van der Waals surface area contributed by atoms with Crippen molar-refractivity contribution >= 4 is 40.3 Å². The molecule has 0 saturated heterocycles. The predicted octanol–water partition coefficient (Wildman–Crippen LogP) is 4.32. The largest absolute Gasteiger partial charge is 0.487 e. The number of hydrogen-bond donors (Lipinski definition) is 1. The molecule has 2 heterocycles. The van der Waals surface area contributed by atoms with Crippen molar-refractivity contribution in [3.05, 3.63) is 82.0 Å². The number of benzene rings is 1. The predicted molar refractivity (Wildman–Crippen MR) is 129 cm³/mol. The number of ether oxygens (including phenoxy) is 3. The van der Waals surface area contributed by atoms with Crippen LogP contribution in [0.2, 0.25) is 0 Å². The van der Waals surface area contributed by atoms with Crippen molar-refractivity contribution in [2.75, 3.05) is 19.0 Å². The number of amides is 1. The zero-order chi connectivity index (χ0) is 24.5. The van der Waals surface area contributed by atoms with Gasteiger partial charge in [0.2, 0.25) is 0 Å². The second-order valence-electron chi connectivity index (χ2n) is 7.15. The van der Waals surface area contributed by atoms with E-state index in [1.54, 1.807) is 43.5 Å². The fraction of sp³-hybridized carbons (Fsp3) is 0.200. The molecule has 3 aromatic rings. The standard InChI is InChI=1S/C25H24N2O6S/c1-16-17(2)34-24(23(16)25(30)31-3)27-21(28)15-33-22(29)12-9-18-7-10-20(11-8-18)32-14-19-6-4-5-13-26-19/h4-13H,14-15H2,1-3H3,(H,27,28). The summed E-state index contributed by atoms with van der Waals surface area (Å²) in [7, 11) is 1.28. The van der Waals surface area contributed by atoms with E-state index in [0.29, 0.717) is 22.9 Å². The summed E-state index contributed by atoms with van der Waals surface area (Å²) in [5.74, 6) is -1.09. The number of nitrogens with zero attached hydrogens (tertiary/aromatic N) is 1. The quantitative estimate of drug-likeness (QED) is 0.359. The molecule has 1 N–H and O–H groups in total. The van der Waals surface area contributed by atoms with Crippen molar-refractivity contribution in [1.29, 1.82) is 0 Å². The van der Waals surface area contributed by atoms with E-state index >= 15 is 0 Å². The minimum Gasteiger partial charge on any atom is -0.487 e. The van der Waals surface area contributed by atoms with Gasteiger partial charge in [0, 0.05) is 17.2 Å². The monoisotopic (exact) mass is 480 g/mol. The molecule has 34 heavy (non-hydrogen) atoms. The summed E-state index contributed by atoms with van der Waals surface area (Å²) in [5.41, 5.74) is 2.63. The normalized spacial score (nSPS) is 10.7. The van der Waals surface area contributed by atoms with E-state index in [0.717, 1.165) is 21.7 Å². The number of pyridine rings is 1. The second-order valence-corrected chi connectivity index (χ2v) is 8.37. The SMILES string of the molecule is COC(=O)c1c(NC(=O)COC(=O)C=Cc2ccc(OCc3ccccn3)cc2)sc(C)c1C. The maximum absolute atomic E-state index is 12.2. The summed E-state index contributed by atoms with van der Waals surface area (Å²) < 4.78 is 15.4. The molecule has 0 aliphatic rings. The zero-order valence-corrected chi connectivity index (χ0v) is 19.8. The number of methoxy groups -OCH3 is 1. The van der Waals surface area contributed by atoms with Crippen LogP contribution in [0.4, 0.5) is 5.00 Å². The first-order valence-corrected chi connectivity index (χ1v) is 11.1. The van der Waals surface area contributed by atoms with Gasteiger partial charge in [-0.1, -0.05) is 18.2 Å². The van der Waals surface area contributed by atoms with Crippen molar-refractivity contribution in [1.82, 2.24) is 4.98 Å². The highest BCUT2D eigenvalue weighted by Crippen LogP contribution is 2.32. The van der Waals surface area contributed by atoms with Crippen molar-refractivity contribution in [2.24, 2.45) is 0 Å². The van der Waals surface area contributed by atoms with E-state index in [1.165, 1.54) is 24.5 Å². The van der Waals surface area contributed by atoms with Crippen molar-refractivity contribution in [3.8, 4) is 5.75 Å². The van der Waals surface area contributed by atoms with Crippen LogP contribution >= 0.6 is 11.3 Å². The molecule has 9 heteroatoms. The summed E-state index contributed by atoms with van der Waals surface area (Å²) in [4.78, 5) is 41.3. The molecule has 1 aromatic carbocycles. The lowest BCUT2D eigenvalue weighted by Gasteiger charge is -2.06. The third-order valence-corrected chi connectivity index (χ3v) is 5.90. The molecule has 0 bridgehead atoms. The minimum absolute atomic E-state index is 0.303. The molecule has 0 aliphatic carbocycles. The topological polar surface area (TPSA) is 104 Å². The number of carbonyl (C=O) groups excluding carboxylic acids is 3. The first kappa shape index (κ1) is 24.7. The lowest BCUT2D eigenvalue weighted by atomic mass is 10.1. The number of hydrogen-bond acceptors (Lipinski definition) is 8. The molecule has 176 valence electrons. The Hall–Kier alpha value is -3.98. The van der Waals surface area contributed by atoms with Gasteiger partial charge in [-0.25, -0.2) is 9.59 Å². The maximum Gasteiger partial charge on any atom is 0.341 e. The highest BCUT2D eigenvalue weighted by atomic mass is 32.1. The molecule has 2 aromatic heterocycles. The van der Waals surface area contributed by atoms with Crippen molar-refractivity contribution < 1.29 is 28.6 Å². The highest BCUT2D eigenvalue weighted by Gasteiger charge is 2.21. The van der Waals surface area contributed by atoms with Crippen LogP contribution in [0, 0.1) is 13.8 Å². The molecule has 0 spiro atoms. The summed E-state index contributed by atoms with van der Waals surface area (Å²) in [6.07, 6.45) is 4.51. The van der Waals surface area contributed by atoms with Gasteiger partial charge in [0.1, 0.15) is 17.4 Å². The van der Waals surface area contributed by atoms with E-state index in [4.69, 9.17) is 14.2 Å². The number of aromatic nitrogens is 1. The van der Waals surface area contributed by atoms with Gasteiger partial charge >= 0.3 is 11.9 Å². The number of esters is 2. The molecular formula is C25H24N2O6S. The third kappa shape index (κ3) is 6.76. The lowest BCUT2D eigenvalue weighted by Crippen LogP contribution is -2.21. The second kappa shape index (κ2) is 11.8. The van der Waals surface area contributed by atoms with Gasteiger partial charge in [0.25, 0.3) is 5.91 Å². The molecule has 3 rings (SSSR count). The molecule has 0 aliphatic heterocycles. The molecule has 0 fully saturated rings. The third-order valence-electron chi connectivity index (χ3n) is 4.78. The fourth-order valence-corrected chi connectivity index (χ4v) is 3.96. The van der Waals surface area contributed by atoms with E-state index in [-0.39, 0.29) is 0 Å². The zero-order valence-electron chi connectivity index (χ0n) is 19.0. The van der Waals surface area contributed by atoms with E-state index < -0.39 is 24.5 Å². The van der Waals surface area contributed by atoms with Crippen LogP contribution in [0.25, 0.3) is 6.08 Å². The first-order chi connectivity index (χ1) is 16.4. The Balaban J connectivity index is 1.47. The number of aryl methyl sites for hydroxylation is 1. The average molecular weight is 481 g/mol. The summed E-state index contributed by atoms with van der Waals surface area (Å²) in [6, 6.07) is 12.8. The van der Waals surface area contributed by atoms with Crippen LogP contribution < -0.4 is 10.1 Å². The van der Waals surface area contributed by atoms with Gasteiger partial charge in [0.15, 0.2) is 6.61 Å². The number of nitrogens with one attached hydrogen (secondary N) is 1. The Morgan fingerprint density at radius 2 is 1.85 bits per heavy atom. The summed E-state index contributed by atoms with van der Waals surface area (Å²) in [5, 5.41) is 2.97. The summed E-state index contributed by atoms with van der Waals surface area (Å²) in [6.45, 7) is 3.49. The Morgan fingerprint density at radius 1 is 1.09 bits per heavy atom. The number of anilines is 1. The van der Waals surface area contributed by atoms with E-state index in [1.807, 2.05) is 25.1 Å². The van der Waals surface area contributed by atoms with Crippen LogP contribution in [0.5, 0.6) is 5.75 Å². The average Bonchev–Trinajstić information content (AvgIpc) is 3.13. The molecular weight excluding hydrogens is 456 g/mol. The van der Waals surface area contributed by atoms with Crippen molar-refractivity contribution in [3.63, 3.8) is 0 Å². The van der Waals surface area contributed by atoms with Crippen LogP contribution in [-0.2, 0) is 25.7 Å². The lowest BCUT2D eigenvalue weighted by molar-refractivity contribution is -0.142. The molecule has 8 nitrogen and oxygen atoms in total. The minimum atomic E-state index is -0.669. The summed E-state index contributed by atoms with van der Waals surface area (Å²) >= 11 is 1.26. The van der Waals surface area contributed by atoms with Gasteiger partial charge in [-0.15, -0.1) is 11.3 Å². The first-order valence-electron chi connectivity index (χ1n) is 10.3. The van der Waals surface area contributed by atoms with Gasteiger partial charge in [-0.05, 0) is 55.3 Å². The fourth-order valence-electron chi connectivity index (χ4n) is 2.89. The highest BCUT2D eigenvalue weighted by molar-refractivity contribution is 7.16. The maximum atomic E-state index is 12.2. The Bertz CT molecular complexity index is 1190. The van der Waals surface area contributed by atoms with Gasteiger partial charge in [0.05, 0.1) is 18.4 Å². The van der Waals surface area contributed by atoms with Crippen LogP contribution in [-0.4, -0.2) is 36.5 Å². The van der Waals surface area contributed by atoms with Gasteiger partial charge in [-0.3, -0.25) is 9.78 Å². The van der Waals surface area contributed by atoms with Crippen LogP contribution in [0.15, 0.2) is 54.7 Å². The number of rotatable bonds is 9. The van der Waals surface area contributed by atoms with Crippen LogP contribution in [0.3, 0.4) is 0 Å². The van der Waals surface area contributed by atoms with Gasteiger partial charge < -0.3 is 19.5 Å². The molecule has 1 amide bonds. The molecule has 0 radical (unpaired) electrons. The Labute approximate surface area is 201 Å². The molecule has 0 unspecified atom stereocenters. The van der Waals surface area contributed by atoms with Gasteiger partial charge in [-0.2, -0.15) is 0 Å². The smallest absolute Gasteiger partial charge is 0.341 e. The number of thiophene rings is 1. The Kier molecular flexibility index (Phi) is 8.53. The van der Waals surface area contributed by atoms with E-state index in [9.17, 15) is 14.4 Å². The van der Waals surface area contributed by atoms with Crippen LogP contribution in [0.1, 0.15) is 32.1 Å². The Morgan fingerprint density at radius 3 is 2.53 bits per heavy atom. The molecule has 0 atom stereocenters. The molecule has 0 saturated carbocycles. The van der Waals surface area contributed by atoms with E-state index in [2.05, 4.69) is 10.3 Å².